The van der Waals surface area contributed by atoms with E-state index in [1.807, 2.05) is 0 Å². The molecule has 0 bridgehead atoms. The van der Waals surface area contributed by atoms with Gasteiger partial charge in [0.25, 0.3) is 5.91 Å². The summed E-state index contributed by atoms with van der Waals surface area (Å²) in [6.07, 6.45) is 4.61. The van der Waals surface area contributed by atoms with Gasteiger partial charge in [0.1, 0.15) is 5.15 Å². The second kappa shape index (κ2) is 6.07. The number of amides is 1. The summed E-state index contributed by atoms with van der Waals surface area (Å²) in [5.74, 6) is -0.210. The minimum absolute atomic E-state index is 0.203. The predicted octanol–water partition coefficient (Wildman–Crippen LogP) is 2.93. The van der Waals surface area contributed by atoms with Crippen molar-refractivity contribution >= 4 is 29.1 Å². The SMILES string of the molecule is COCCC1(CNC(=O)c2cc(Cl)ncc2Cl)CC1. The monoisotopic (exact) mass is 302 g/mol. The van der Waals surface area contributed by atoms with E-state index in [-0.39, 0.29) is 16.5 Å². The molecular formula is C13H16Cl2N2O2. The van der Waals surface area contributed by atoms with Crippen LogP contribution in [0, 0.1) is 5.41 Å². The van der Waals surface area contributed by atoms with Crippen LogP contribution in [0.5, 0.6) is 0 Å². The van der Waals surface area contributed by atoms with Gasteiger partial charge in [0.15, 0.2) is 0 Å². The number of carbonyl (C=O) groups is 1. The molecule has 1 N–H and O–H groups in total. The third kappa shape index (κ3) is 3.81. The second-order valence-electron chi connectivity index (χ2n) is 4.91. The van der Waals surface area contributed by atoms with Gasteiger partial charge in [0, 0.05) is 26.5 Å². The molecule has 1 aromatic rings. The number of ether oxygens (including phenoxy) is 1. The van der Waals surface area contributed by atoms with Crippen molar-refractivity contribution in [3.05, 3.63) is 28.0 Å². The van der Waals surface area contributed by atoms with Gasteiger partial charge in [0.2, 0.25) is 0 Å². The molecule has 1 fully saturated rings. The Kier molecular flexibility index (Phi) is 4.66. The molecule has 19 heavy (non-hydrogen) atoms. The van der Waals surface area contributed by atoms with E-state index in [1.165, 1.54) is 12.3 Å². The number of methoxy groups -OCH3 is 1. The van der Waals surface area contributed by atoms with Crippen LogP contribution >= 0.6 is 23.2 Å². The van der Waals surface area contributed by atoms with Gasteiger partial charge in [-0.1, -0.05) is 23.2 Å². The maximum absolute atomic E-state index is 12.1. The predicted molar refractivity (Wildman–Crippen MR) is 74.8 cm³/mol. The van der Waals surface area contributed by atoms with E-state index in [9.17, 15) is 4.79 Å². The minimum atomic E-state index is -0.210. The molecule has 1 saturated carbocycles. The molecule has 1 heterocycles. The summed E-state index contributed by atoms with van der Waals surface area (Å²) in [5.41, 5.74) is 0.568. The minimum Gasteiger partial charge on any atom is -0.385 e. The number of nitrogens with one attached hydrogen (secondary N) is 1. The normalized spacial score (nSPS) is 16.2. The first kappa shape index (κ1) is 14.6. The molecule has 0 unspecified atom stereocenters. The quantitative estimate of drug-likeness (QED) is 0.822. The summed E-state index contributed by atoms with van der Waals surface area (Å²) in [7, 11) is 1.69. The van der Waals surface area contributed by atoms with Crippen molar-refractivity contribution in [2.75, 3.05) is 20.3 Å². The molecule has 1 aliphatic rings. The molecule has 4 nitrogen and oxygen atoms in total. The Morgan fingerprint density at radius 2 is 2.26 bits per heavy atom. The van der Waals surface area contributed by atoms with Gasteiger partial charge in [-0.25, -0.2) is 4.98 Å². The summed E-state index contributed by atoms with van der Waals surface area (Å²) < 4.78 is 5.08. The van der Waals surface area contributed by atoms with Gasteiger partial charge < -0.3 is 10.1 Å². The number of rotatable bonds is 6. The van der Waals surface area contributed by atoms with Gasteiger partial charge in [-0.2, -0.15) is 0 Å². The van der Waals surface area contributed by atoms with Crippen LogP contribution in [-0.2, 0) is 4.74 Å². The molecule has 104 valence electrons. The van der Waals surface area contributed by atoms with Crippen molar-refractivity contribution in [3.8, 4) is 0 Å². The Morgan fingerprint density at radius 1 is 1.53 bits per heavy atom. The molecule has 0 aromatic carbocycles. The average molecular weight is 303 g/mol. The highest BCUT2D eigenvalue weighted by Gasteiger charge is 2.42. The smallest absolute Gasteiger partial charge is 0.252 e. The molecular weight excluding hydrogens is 287 g/mol. The molecule has 0 radical (unpaired) electrons. The highest BCUT2D eigenvalue weighted by Crippen LogP contribution is 2.48. The van der Waals surface area contributed by atoms with Crippen molar-refractivity contribution < 1.29 is 9.53 Å². The highest BCUT2D eigenvalue weighted by molar-refractivity contribution is 6.35. The van der Waals surface area contributed by atoms with Crippen LogP contribution in [0.2, 0.25) is 10.2 Å². The number of halogens is 2. The summed E-state index contributed by atoms with van der Waals surface area (Å²) >= 11 is 11.7. The Bertz CT molecular complexity index is 476. The molecule has 0 atom stereocenters. The molecule has 1 aliphatic carbocycles. The second-order valence-corrected chi connectivity index (χ2v) is 5.71. The lowest BCUT2D eigenvalue weighted by atomic mass is 10.0. The zero-order valence-corrected chi connectivity index (χ0v) is 12.2. The fourth-order valence-corrected chi connectivity index (χ4v) is 2.31. The van der Waals surface area contributed by atoms with Crippen molar-refractivity contribution in [2.24, 2.45) is 5.41 Å². The fourth-order valence-electron chi connectivity index (χ4n) is 1.96. The van der Waals surface area contributed by atoms with Crippen LogP contribution in [0.4, 0.5) is 0 Å². The number of hydrogen-bond acceptors (Lipinski definition) is 3. The van der Waals surface area contributed by atoms with Crippen molar-refractivity contribution in [1.82, 2.24) is 10.3 Å². The lowest BCUT2D eigenvalue weighted by Crippen LogP contribution is -2.31. The Labute approximate surface area is 122 Å². The van der Waals surface area contributed by atoms with Crippen LogP contribution in [-0.4, -0.2) is 31.2 Å². The molecule has 1 amide bonds. The van der Waals surface area contributed by atoms with Gasteiger partial charge in [-0.05, 0) is 30.7 Å². The lowest BCUT2D eigenvalue weighted by Gasteiger charge is -2.15. The maximum atomic E-state index is 12.1. The Morgan fingerprint density at radius 3 is 2.89 bits per heavy atom. The Balaban J connectivity index is 1.93. The number of aromatic nitrogens is 1. The number of hydrogen-bond donors (Lipinski definition) is 1. The first-order valence-corrected chi connectivity index (χ1v) is 6.90. The molecule has 6 heteroatoms. The van der Waals surface area contributed by atoms with Crippen LogP contribution in [0.3, 0.4) is 0 Å². The summed E-state index contributed by atoms with van der Waals surface area (Å²) in [6, 6.07) is 1.48. The van der Waals surface area contributed by atoms with E-state index < -0.39 is 0 Å². The summed E-state index contributed by atoms with van der Waals surface area (Å²) in [5, 5.41) is 3.48. The number of nitrogens with zero attached hydrogens (tertiary/aromatic N) is 1. The van der Waals surface area contributed by atoms with E-state index >= 15 is 0 Å². The highest BCUT2D eigenvalue weighted by atomic mass is 35.5. The van der Waals surface area contributed by atoms with Crippen LogP contribution in [0.25, 0.3) is 0 Å². The van der Waals surface area contributed by atoms with Gasteiger partial charge in [0.05, 0.1) is 10.6 Å². The first-order chi connectivity index (χ1) is 9.06. The van der Waals surface area contributed by atoms with Crippen LogP contribution in [0.15, 0.2) is 12.3 Å². The van der Waals surface area contributed by atoms with Crippen LogP contribution in [0.1, 0.15) is 29.6 Å². The number of pyridine rings is 1. The molecule has 0 spiro atoms. The zero-order chi connectivity index (χ0) is 13.9. The largest absolute Gasteiger partial charge is 0.385 e. The fraction of sp³-hybridized carbons (Fsp3) is 0.538. The molecule has 2 rings (SSSR count). The standard InChI is InChI=1S/C13H16Cl2N2O2/c1-19-5-4-13(2-3-13)8-17-12(18)9-6-11(15)16-7-10(9)14/h6-7H,2-5,8H2,1H3,(H,17,18). The van der Waals surface area contributed by atoms with Gasteiger partial charge in [-0.15, -0.1) is 0 Å². The third-order valence-electron chi connectivity index (χ3n) is 3.48. The van der Waals surface area contributed by atoms with E-state index in [0.29, 0.717) is 17.1 Å². The third-order valence-corrected chi connectivity index (χ3v) is 3.99. The van der Waals surface area contributed by atoms with E-state index in [2.05, 4.69) is 10.3 Å². The van der Waals surface area contributed by atoms with Crippen molar-refractivity contribution in [2.45, 2.75) is 19.3 Å². The maximum Gasteiger partial charge on any atom is 0.252 e. The lowest BCUT2D eigenvalue weighted by molar-refractivity contribution is 0.0938. The first-order valence-electron chi connectivity index (χ1n) is 6.14. The average Bonchev–Trinajstić information content (AvgIpc) is 3.17. The van der Waals surface area contributed by atoms with E-state index in [4.69, 9.17) is 27.9 Å². The summed E-state index contributed by atoms with van der Waals surface area (Å²) in [6.45, 7) is 1.36. The van der Waals surface area contributed by atoms with E-state index in [0.717, 1.165) is 25.9 Å². The zero-order valence-electron chi connectivity index (χ0n) is 10.7. The Hall–Kier alpha value is -0.840. The van der Waals surface area contributed by atoms with Crippen molar-refractivity contribution in [3.63, 3.8) is 0 Å². The molecule has 1 aromatic heterocycles. The molecule has 0 aliphatic heterocycles. The summed E-state index contributed by atoms with van der Waals surface area (Å²) in [4.78, 5) is 15.9. The van der Waals surface area contributed by atoms with Gasteiger partial charge in [-0.3, -0.25) is 4.79 Å². The van der Waals surface area contributed by atoms with Crippen LogP contribution < -0.4 is 5.32 Å². The topological polar surface area (TPSA) is 51.2 Å². The van der Waals surface area contributed by atoms with Crippen molar-refractivity contribution in [1.29, 1.82) is 0 Å². The van der Waals surface area contributed by atoms with E-state index in [1.54, 1.807) is 7.11 Å². The van der Waals surface area contributed by atoms with Gasteiger partial charge >= 0.3 is 0 Å². The molecule has 0 saturated heterocycles. The number of carbonyl (C=O) groups excluding carboxylic acids is 1.